The number of rotatable bonds is 3. The molecule has 5 heteroatoms. The van der Waals surface area contributed by atoms with E-state index in [2.05, 4.69) is 79.2 Å². The summed E-state index contributed by atoms with van der Waals surface area (Å²) in [5.74, 6) is 0.849. The average Bonchev–Trinajstić information content (AvgIpc) is 3.11. The summed E-state index contributed by atoms with van der Waals surface area (Å²) in [6.45, 7) is 2.34. The van der Waals surface area contributed by atoms with Gasteiger partial charge in [0, 0.05) is 33.4 Å². The molecule has 0 bridgehead atoms. The van der Waals surface area contributed by atoms with Crippen LogP contribution in [0.5, 0.6) is 0 Å². The molecule has 116 valence electrons. The Bertz CT molecular complexity index is 826. The number of fused-ring (bicyclic) bond motifs is 1. The molecule has 1 aliphatic heterocycles. The van der Waals surface area contributed by atoms with Crippen molar-refractivity contribution in [3.05, 3.63) is 52.4 Å². The highest BCUT2D eigenvalue weighted by atomic mass is 127. The number of hydrogen-bond acceptors (Lipinski definition) is 4. The summed E-state index contributed by atoms with van der Waals surface area (Å²) in [5.41, 5.74) is 3.30. The number of hydrogen-bond donors (Lipinski definition) is 1. The number of benzene rings is 2. The Balaban J connectivity index is 1.61. The van der Waals surface area contributed by atoms with Crippen LogP contribution in [0.1, 0.15) is 12.8 Å². The largest absolute Gasteiger partial charge is 0.372 e. The van der Waals surface area contributed by atoms with Crippen LogP contribution in [0.2, 0.25) is 0 Å². The lowest BCUT2D eigenvalue weighted by molar-refractivity contribution is 0.949. The van der Waals surface area contributed by atoms with E-state index in [1.165, 1.54) is 35.2 Å². The maximum atomic E-state index is 4.41. The Kier molecular flexibility index (Phi) is 4.03. The van der Waals surface area contributed by atoms with Crippen molar-refractivity contribution in [3.8, 4) is 0 Å². The average molecular weight is 416 g/mol. The molecule has 1 fully saturated rings. The minimum absolute atomic E-state index is 0.849. The highest BCUT2D eigenvalue weighted by Crippen LogP contribution is 2.27. The summed E-state index contributed by atoms with van der Waals surface area (Å²) in [7, 11) is 0. The quantitative estimate of drug-likeness (QED) is 0.635. The lowest BCUT2D eigenvalue weighted by Crippen LogP contribution is -2.17. The molecule has 4 nitrogen and oxygen atoms in total. The minimum atomic E-state index is 0.849. The van der Waals surface area contributed by atoms with Gasteiger partial charge < -0.3 is 10.2 Å². The Labute approximate surface area is 149 Å². The first-order chi connectivity index (χ1) is 11.3. The van der Waals surface area contributed by atoms with Gasteiger partial charge in [0.15, 0.2) is 0 Å². The monoisotopic (exact) mass is 416 g/mol. The Morgan fingerprint density at radius 3 is 2.52 bits per heavy atom. The number of anilines is 3. The zero-order valence-electron chi connectivity index (χ0n) is 12.7. The molecule has 1 N–H and O–H groups in total. The Morgan fingerprint density at radius 2 is 1.74 bits per heavy atom. The molecule has 1 aliphatic rings. The van der Waals surface area contributed by atoms with Gasteiger partial charge in [-0.1, -0.05) is 0 Å². The normalized spacial score (nSPS) is 14.4. The van der Waals surface area contributed by atoms with Crippen molar-refractivity contribution >= 4 is 50.7 Å². The second-order valence-corrected chi connectivity index (χ2v) is 7.00. The topological polar surface area (TPSA) is 41.1 Å². The van der Waals surface area contributed by atoms with E-state index in [4.69, 9.17) is 0 Å². The summed E-state index contributed by atoms with van der Waals surface area (Å²) < 4.78 is 1.18. The van der Waals surface area contributed by atoms with Crippen molar-refractivity contribution in [1.82, 2.24) is 9.97 Å². The van der Waals surface area contributed by atoms with Gasteiger partial charge in [0.1, 0.15) is 12.1 Å². The van der Waals surface area contributed by atoms with Gasteiger partial charge in [-0.2, -0.15) is 0 Å². The summed E-state index contributed by atoms with van der Waals surface area (Å²) in [6, 6.07) is 14.8. The number of halogens is 1. The van der Waals surface area contributed by atoms with Gasteiger partial charge in [-0.05, 0) is 77.9 Å². The Hall–Kier alpha value is -1.89. The van der Waals surface area contributed by atoms with Crippen LogP contribution >= 0.6 is 22.6 Å². The van der Waals surface area contributed by atoms with E-state index in [9.17, 15) is 0 Å². The molecule has 2 aromatic carbocycles. The van der Waals surface area contributed by atoms with Gasteiger partial charge in [-0.15, -0.1) is 0 Å². The van der Waals surface area contributed by atoms with E-state index < -0.39 is 0 Å². The van der Waals surface area contributed by atoms with Gasteiger partial charge in [0.05, 0.1) is 5.52 Å². The molecular weight excluding hydrogens is 399 g/mol. The zero-order valence-corrected chi connectivity index (χ0v) is 14.8. The molecule has 0 radical (unpaired) electrons. The second-order valence-electron chi connectivity index (χ2n) is 5.75. The third kappa shape index (κ3) is 3.10. The van der Waals surface area contributed by atoms with E-state index in [-0.39, 0.29) is 0 Å². The van der Waals surface area contributed by atoms with E-state index in [0.29, 0.717) is 0 Å². The fraction of sp³-hybridized carbons (Fsp3) is 0.222. The number of nitrogens with zero attached hydrogens (tertiary/aromatic N) is 3. The van der Waals surface area contributed by atoms with Crippen LogP contribution < -0.4 is 10.2 Å². The van der Waals surface area contributed by atoms with Crippen LogP contribution in [-0.4, -0.2) is 23.1 Å². The third-order valence-electron chi connectivity index (χ3n) is 4.20. The fourth-order valence-electron chi connectivity index (χ4n) is 3.00. The van der Waals surface area contributed by atoms with Crippen LogP contribution in [0.25, 0.3) is 10.9 Å². The van der Waals surface area contributed by atoms with E-state index in [1.807, 2.05) is 6.07 Å². The highest BCUT2D eigenvalue weighted by Gasteiger charge is 2.12. The maximum Gasteiger partial charge on any atom is 0.141 e. The molecule has 0 unspecified atom stereocenters. The van der Waals surface area contributed by atoms with Crippen molar-refractivity contribution in [2.75, 3.05) is 23.3 Å². The van der Waals surface area contributed by atoms with Crippen LogP contribution in [0.15, 0.2) is 48.8 Å². The number of aromatic nitrogens is 2. The van der Waals surface area contributed by atoms with E-state index >= 15 is 0 Å². The third-order valence-corrected chi connectivity index (χ3v) is 4.87. The molecule has 0 saturated carbocycles. The second kappa shape index (κ2) is 6.31. The molecule has 3 aromatic rings. The van der Waals surface area contributed by atoms with Crippen molar-refractivity contribution in [1.29, 1.82) is 0 Å². The highest BCUT2D eigenvalue weighted by molar-refractivity contribution is 14.1. The zero-order chi connectivity index (χ0) is 15.6. The summed E-state index contributed by atoms with van der Waals surface area (Å²) in [4.78, 5) is 11.2. The van der Waals surface area contributed by atoms with Crippen LogP contribution in [0.4, 0.5) is 17.2 Å². The summed E-state index contributed by atoms with van der Waals surface area (Å²) in [6.07, 6.45) is 4.20. The van der Waals surface area contributed by atoms with Gasteiger partial charge in [0.25, 0.3) is 0 Å². The maximum absolute atomic E-state index is 4.41. The lowest BCUT2D eigenvalue weighted by atomic mass is 10.2. The van der Waals surface area contributed by atoms with Crippen LogP contribution in [0.3, 0.4) is 0 Å². The molecule has 23 heavy (non-hydrogen) atoms. The summed E-state index contributed by atoms with van der Waals surface area (Å²) in [5, 5.41) is 4.46. The van der Waals surface area contributed by atoms with Gasteiger partial charge >= 0.3 is 0 Å². The fourth-order valence-corrected chi connectivity index (χ4v) is 3.49. The van der Waals surface area contributed by atoms with Crippen molar-refractivity contribution in [2.24, 2.45) is 0 Å². The van der Waals surface area contributed by atoms with E-state index in [1.54, 1.807) is 6.33 Å². The van der Waals surface area contributed by atoms with Crippen molar-refractivity contribution < 1.29 is 0 Å². The molecule has 0 aliphatic carbocycles. The molecule has 1 saturated heterocycles. The van der Waals surface area contributed by atoms with Gasteiger partial charge in [0.2, 0.25) is 0 Å². The van der Waals surface area contributed by atoms with Gasteiger partial charge in [-0.25, -0.2) is 9.97 Å². The minimum Gasteiger partial charge on any atom is -0.372 e. The predicted octanol–water partition coefficient (Wildman–Crippen LogP) is 4.58. The van der Waals surface area contributed by atoms with Crippen molar-refractivity contribution in [2.45, 2.75) is 12.8 Å². The lowest BCUT2D eigenvalue weighted by Gasteiger charge is -2.18. The number of nitrogens with one attached hydrogen (secondary N) is 1. The SMILES string of the molecule is Ic1ccc2ncnc(Nc3ccc(N4CCCC4)cc3)c2c1. The molecule has 0 spiro atoms. The molecule has 1 aromatic heterocycles. The molecule has 0 amide bonds. The summed E-state index contributed by atoms with van der Waals surface area (Å²) >= 11 is 2.31. The Morgan fingerprint density at radius 1 is 0.957 bits per heavy atom. The first kappa shape index (κ1) is 14.7. The van der Waals surface area contributed by atoms with Gasteiger partial charge in [-0.3, -0.25) is 0 Å². The first-order valence-electron chi connectivity index (χ1n) is 7.82. The molecule has 2 heterocycles. The van der Waals surface area contributed by atoms with E-state index in [0.717, 1.165) is 22.4 Å². The van der Waals surface area contributed by atoms with Crippen LogP contribution in [-0.2, 0) is 0 Å². The first-order valence-corrected chi connectivity index (χ1v) is 8.90. The molecular formula is C18H17IN4. The molecule has 0 atom stereocenters. The molecule has 4 rings (SSSR count). The predicted molar refractivity (Wildman–Crippen MR) is 103 cm³/mol. The standard InChI is InChI=1S/C18H17IN4/c19-13-3-8-17-16(11-13)18(21-12-20-17)22-14-4-6-15(7-5-14)23-9-1-2-10-23/h3-8,11-12H,1-2,9-10H2,(H,20,21,22). The van der Waals surface area contributed by atoms with Crippen LogP contribution in [0, 0.1) is 3.57 Å². The smallest absolute Gasteiger partial charge is 0.141 e. The van der Waals surface area contributed by atoms with Crippen molar-refractivity contribution in [3.63, 3.8) is 0 Å².